The van der Waals surface area contributed by atoms with Gasteiger partial charge in [-0.1, -0.05) is 36.4 Å². The van der Waals surface area contributed by atoms with Crippen molar-refractivity contribution in [2.24, 2.45) is 0 Å². The molecule has 0 fully saturated rings. The van der Waals surface area contributed by atoms with Gasteiger partial charge in [0, 0.05) is 31.5 Å². The highest BCUT2D eigenvalue weighted by Crippen LogP contribution is 2.50. The fourth-order valence-electron chi connectivity index (χ4n) is 3.71. The average Bonchev–Trinajstić information content (AvgIpc) is 3.52. The molecule has 0 bridgehead atoms. The van der Waals surface area contributed by atoms with Crippen LogP contribution in [0.3, 0.4) is 0 Å². The lowest BCUT2D eigenvalue weighted by atomic mass is 10.0. The molecule has 0 amide bonds. The number of hydrogen-bond acceptors (Lipinski definition) is 4. The van der Waals surface area contributed by atoms with E-state index in [1.165, 1.54) is 19.8 Å². The summed E-state index contributed by atoms with van der Waals surface area (Å²) < 4.78 is 13.3. The highest BCUT2D eigenvalue weighted by atomic mass is 32.1. The molecule has 0 unspecified atom stereocenters. The van der Waals surface area contributed by atoms with Gasteiger partial charge in [0.25, 0.3) is 0 Å². The third-order valence-corrected chi connectivity index (χ3v) is 7.12. The Balaban J connectivity index is 1.74. The van der Waals surface area contributed by atoms with Gasteiger partial charge in [-0.15, -0.1) is 22.7 Å². The first kappa shape index (κ1) is 15.9. The average molecular weight is 399 g/mol. The summed E-state index contributed by atoms with van der Waals surface area (Å²) in [6.07, 6.45) is 1.72. The summed E-state index contributed by atoms with van der Waals surface area (Å²) in [6.45, 7) is 0. The molecule has 2 nitrogen and oxygen atoms in total. The summed E-state index contributed by atoms with van der Waals surface area (Å²) in [5.74, 6) is 1.77. The van der Waals surface area contributed by atoms with Gasteiger partial charge in [-0.05, 0) is 41.8 Å². The lowest BCUT2D eigenvalue weighted by Crippen LogP contribution is -1.80. The van der Waals surface area contributed by atoms with Crippen LogP contribution in [0.1, 0.15) is 0 Å². The Morgan fingerprint density at radius 3 is 2.57 bits per heavy atom. The number of rotatable bonds is 3. The van der Waals surface area contributed by atoms with Crippen LogP contribution in [0.5, 0.6) is 0 Å². The molecule has 0 aliphatic heterocycles. The van der Waals surface area contributed by atoms with Crippen LogP contribution in [-0.2, 0) is 0 Å². The molecule has 6 aromatic rings. The minimum atomic E-state index is 0.874. The van der Waals surface area contributed by atoms with Crippen molar-refractivity contribution in [1.29, 1.82) is 0 Å². The monoisotopic (exact) mass is 398 g/mol. The van der Waals surface area contributed by atoms with E-state index >= 15 is 0 Å². The molecule has 0 saturated heterocycles. The molecule has 0 N–H and O–H groups in total. The van der Waals surface area contributed by atoms with E-state index in [4.69, 9.17) is 8.83 Å². The first-order chi connectivity index (χ1) is 13.9. The number of thiophene rings is 2. The Morgan fingerprint density at radius 1 is 0.786 bits per heavy atom. The van der Waals surface area contributed by atoms with Crippen molar-refractivity contribution in [1.82, 2.24) is 0 Å². The van der Waals surface area contributed by atoms with Crippen LogP contribution in [0.25, 0.3) is 53.5 Å². The van der Waals surface area contributed by atoms with Crippen LogP contribution < -0.4 is 0 Å². The Morgan fingerprint density at radius 2 is 1.75 bits per heavy atom. The van der Waals surface area contributed by atoms with E-state index in [0.717, 1.165) is 33.6 Å². The Hall–Kier alpha value is -3.08. The molecule has 134 valence electrons. The zero-order valence-corrected chi connectivity index (χ0v) is 16.3. The number of hydrogen-bond donors (Lipinski definition) is 0. The lowest BCUT2D eigenvalue weighted by Gasteiger charge is -2.04. The normalized spacial score (nSPS) is 11.6. The molecular formula is C24H14O2S2. The van der Waals surface area contributed by atoms with Crippen LogP contribution >= 0.6 is 22.7 Å². The van der Waals surface area contributed by atoms with Gasteiger partial charge in [0.1, 0.15) is 17.1 Å². The molecule has 0 radical (unpaired) electrons. The first-order valence-corrected chi connectivity index (χ1v) is 10.7. The summed E-state index contributed by atoms with van der Waals surface area (Å²) in [6, 6.07) is 24.9. The van der Waals surface area contributed by atoms with Crippen LogP contribution in [-0.4, -0.2) is 0 Å². The predicted octanol–water partition coefficient (Wildman–Crippen LogP) is 8.30. The maximum atomic E-state index is 6.31. The SMILES string of the molecule is c1coc(-c2cccc3sc(-c4cccs4)c(-c4cc5ccccc5o4)c23)c1. The molecule has 4 heteroatoms. The zero-order chi connectivity index (χ0) is 18.5. The van der Waals surface area contributed by atoms with Crippen molar-refractivity contribution in [2.75, 3.05) is 0 Å². The van der Waals surface area contributed by atoms with Crippen molar-refractivity contribution in [2.45, 2.75) is 0 Å². The van der Waals surface area contributed by atoms with Crippen molar-refractivity contribution in [3.05, 3.63) is 84.4 Å². The van der Waals surface area contributed by atoms with Crippen LogP contribution in [0.15, 0.2) is 93.3 Å². The molecule has 0 aliphatic rings. The third-order valence-electron chi connectivity index (χ3n) is 4.92. The van der Waals surface area contributed by atoms with Crippen molar-refractivity contribution in [3.63, 3.8) is 0 Å². The second-order valence-electron chi connectivity index (χ2n) is 6.59. The summed E-state index contributed by atoms with van der Waals surface area (Å²) >= 11 is 3.56. The van der Waals surface area contributed by atoms with E-state index in [-0.39, 0.29) is 0 Å². The van der Waals surface area contributed by atoms with Crippen molar-refractivity contribution in [3.8, 4) is 32.4 Å². The zero-order valence-electron chi connectivity index (χ0n) is 14.7. The van der Waals surface area contributed by atoms with Crippen LogP contribution in [0.2, 0.25) is 0 Å². The smallest absolute Gasteiger partial charge is 0.137 e. The minimum Gasteiger partial charge on any atom is -0.464 e. The summed E-state index contributed by atoms with van der Waals surface area (Å²) in [4.78, 5) is 2.49. The highest BCUT2D eigenvalue weighted by Gasteiger charge is 2.22. The Kier molecular flexibility index (Phi) is 3.54. The van der Waals surface area contributed by atoms with E-state index in [1.54, 1.807) is 28.9 Å². The molecule has 4 aromatic heterocycles. The second-order valence-corrected chi connectivity index (χ2v) is 8.59. The summed E-state index contributed by atoms with van der Waals surface area (Å²) in [7, 11) is 0. The first-order valence-electron chi connectivity index (χ1n) is 9.01. The van der Waals surface area contributed by atoms with Gasteiger partial charge in [0.15, 0.2) is 0 Å². The molecule has 0 aliphatic carbocycles. The fraction of sp³-hybridized carbons (Fsp3) is 0. The van der Waals surface area contributed by atoms with E-state index in [9.17, 15) is 0 Å². The quantitative estimate of drug-likeness (QED) is 0.300. The van der Waals surface area contributed by atoms with E-state index in [2.05, 4.69) is 47.8 Å². The molecule has 4 heterocycles. The summed E-state index contributed by atoms with van der Waals surface area (Å²) in [5, 5.41) is 4.42. The van der Waals surface area contributed by atoms with E-state index in [0.29, 0.717) is 0 Å². The van der Waals surface area contributed by atoms with Crippen LogP contribution in [0, 0.1) is 0 Å². The molecule has 0 spiro atoms. The molecule has 0 atom stereocenters. The van der Waals surface area contributed by atoms with Gasteiger partial charge in [0.05, 0.1) is 11.1 Å². The number of fused-ring (bicyclic) bond motifs is 2. The minimum absolute atomic E-state index is 0.874. The number of para-hydroxylation sites is 1. The molecular weight excluding hydrogens is 384 g/mol. The van der Waals surface area contributed by atoms with Crippen molar-refractivity contribution < 1.29 is 8.83 Å². The van der Waals surface area contributed by atoms with Crippen LogP contribution in [0.4, 0.5) is 0 Å². The Labute approximate surface area is 169 Å². The van der Waals surface area contributed by atoms with Gasteiger partial charge in [0.2, 0.25) is 0 Å². The Bertz CT molecular complexity index is 1370. The predicted molar refractivity (Wildman–Crippen MR) is 118 cm³/mol. The van der Waals surface area contributed by atoms with Gasteiger partial charge in [-0.3, -0.25) is 0 Å². The molecule has 6 rings (SSSR count). The topological polar surface area (TPSA) is 26.3 Å². The van der Waals surface area contributed by atoms with Gasteiger partial charge < -0.3 is 8.83 Å². The maximum absolute atomic E-state index is 6.31. The fourth-order valence-corrected chi connectivity index (χ4v) is 5.80. The van der Waals surface area contributed by atoms with Gasteiger partial charge in [-0.25, -0.2) is 0 Å². The largest absolute Gasteiger partial charge is 0.464 e. The third kappa shape index (κ3) is 2.39. The van der Waals surface area contributed by atoms with Gasteiger partial charge >= 0.3 is 0 Å². The molecule has 0 saturated carbocycles. The highest BCUT2D eigenvalue weighted by molar-refractivity contribution is 7.26. The second kappa shape index (κ2) is 6.23. The van der Waals surface area contributed by atoms with E-state index in [1.807, 2.05) is 30.3 Å². The summed E-state index contributed by atoms with van der Waals surface area (Å²) in [5.41, 5.74) is 3.15. The number of benzene rings is 2. The van der Waals surface area contributed by atoms with Crippen molar-refractivity contribution >= 4 is 43.7 Å². The molecule has 28 heavy (non-hydrogen) atoms. The molecule has 2 aromatic carbocycles. The number of furan rings is 2. The standard InChI is InChI=1S/C24H14O2S2/c1-2-8-17-15(6-1)14-19(26-17)23-22-16(18-9-4-12-25-18)7-3-10-20(22)28-24(23)21-11-5-13-27-21/h1-14H. The lowest BCUT2D eigenvalue weighted by molar-refractivity contribution is 0.583. The van der Waals surface area contributed by atoms with Gasteiger partial charge in [-0.2, -0.15) is 0 Å². The van der Waals surface area contributed by atoms with E-state index < -0.39 is 0 Å². The maximum Gasteiger partial charge on any atom is 0.137 e.